The molecule has 2 aliphatic rings. The van der Waals surface area contributed by atoms with Crippen molar-refractivity contribution in [3.05, 3.63) is 46.5 Å². The second kappa shape index (κ2) is 11.5. The number of unbranched alkanes of at least 4 members (excludes halogenated alkanes) is 1. The molecule has 0 saturated carbocycles. The van der Waals surface area contributed by atoms with Crippen LogP contribution in [-0.4, -0.2) is 76.2 Å². The van der Waals surface area contributed by atoms with Gasteiger partial charge in [0.05, 0.1) is 41.3 Å². The fraction of sp³-hybridized carbons (Fsp3) is 0.500. The number of hydrogen-bond acceptors (Lipinski definition) is 6. The molecule has 2 aliphatic heterocycles. The quantitative estimate of drug-likeness (QED) is 0.497. The SMILES string of the molecule is COc1cc2c(cc1OC)CC(=O)N(CCCCN1CCc3cc(OC)c(OC)cc3CC1=O)CC2. The number of ether oxygens (including phenoxy) is 4. The van der Waals surface area contributed by atoms with Gasteiger partial charge in [0, 0.05) is 26.2 Å². The predicted octanol–water partition coefficient (Wildman–Crippen LogP) is 3.06. The molecular weight excluding hydrogens is 460 g/mol. The average Bonchev–Trinajstić information content (AvgIpc) is 3.14. The van der Waals surface area contributed by atoms with Gasteiger partial charge in [-0.2, -0.15) is 0 Å². The fourth-order valence-electron chi connectivity index (χ4n) is 5.11. The van der Waals surface area contributed by atoms with E-state index in [4.69, 9.17) is 18.9 Å². The van der Waals surface area contributed by atoms with Crippen molar-refractivity contribution in [3.63, 3.8) is 0 Å². The second-order valence-corrected chi connectivity index (χ2v) is 9.27. The Labute approximate surface area is 213 Å². The molecule has 0 saturated heterocycles. The molecule has 36 heavy (non-hydrogen) atoms. The van der Waals surface area contributed by atoms with Gasteiger partial charge in [-0.3, -0.25) is 9.59 Å². The van der Waals surface area contributed by atoms with Gasteiger partial charge in [-0.05, 0) is 72.2 Å². The molecular formula is C28H36N2O6. The van der Waals surface area contributed by atoms with Gasteiger partial charge >= 0.3 is 0 Å². The molecule has 8 nitrogen and oxygen atoms in total. The van der Waals surface area contributed by atoms with Gasteiger partial charge in [0.1, 0.15) is 0 Å². The summed E-state index contributed by atoms with van der Waals surface area (Å²) in [5.41, 5.74) is 4.27. The normalized spacial score (nSPS) is 15.6. The fourth-order valence-corrected chi connectivity index (χ4v) is 5.11. The molecule has 8 heteroatoms. The molecule has 4 rings (SSSR count). The number of rotatable bonds is 9. The van der Waals surface area contributed by atoms with Crippen LogP contribution in [0.1, 0.15) is 35.1 Å². The zero-order valence-corrected chi connectivity index (χ0v) is 21.7. The summed E-state index contributed by atoms with van der Waals surface area (Å²) in [7, 11) is 6.46. The Kier molecular flexibility index (Phi) is 8.23. The first-order valence-corrected chi connectivity index (χ1v) is 12.5. The topological polar surface area (TPSA) is 77.5 Å². The highest BCUT2D eigenvalue weighted by Gasteiger charge is 2.24. The summed E-state index contributed by atoms with van der Waals surface area (Å²) in [4.78, 5) is 29.7. The first kappa shape index (κ1) is 25.7. The molecule has 0 aliphatic carbocycles. The van der Waals surface area contributed by atoms with Gasteiger partial charge in [-0.25, -0.2) is 0 Å². The van der Waals surface area contributed by atoms with Crippen LogP contribution >= 0.6 is 0 Å². The molecule has 0 unspecified atom stereocenters. The van der Waals surface area contributed by atoms with Crippen LogP contribution in [0.4, 0.5) is 0 Å². The van der Waals surface area contributed by atoms with Crippen LogP contribution in [0.25, 0.3) is 0 Å². The van der Waals surface area contributed by atoms with Gasteiger partial charge in [0.15, 0.2) is 23.0 Å². The highest BCUT2D eigenvalue weighted by atomic mass is 16.5. The summed E-state index contributed by atoms with van der Waals surface area (Å²) < 4.78 is 21.7. The van der Waals surface area contributed by atoms with E-state index in [1.165, 1.54) is 0 Å². The van der Waals surface area contributed by atoms with Gasteiger partial charge in [-0.1, -0.05) is 0 Å². The second-order valence-electron chi connectivity index (χ2n) is 9.27. The Hall–Kier alpha value is -3.42. The number of amides is 2. The molecule has 0 atom stereocenters. The maximum Gasteiger partial charge on any atom is 0.227 e. The highest BCUT2D eigenvalue weighted by molar-refractivity contribution is 5.81. The van der Waals surface area contributed by atoms with Crippen molar-refractivity contribution in [1.82, 2.24) is 9.80 Å². The summed E-state index contributed by atoms with van der Waals surface area (Å²) in [6.45, 7) is 2.75. The predicted molar refractivity (Wildman–Crippen MR) is 136 cm³/mol. The molecule has 2 aromatic rings. The summed E-state index contributed by atoms with van der Waals surface area (Å²) in [6, 6.07) is 7.81. The Morgan fingerprint density at radius 2 is 0.917 bits per heavy atom. The molecule has 0 N–H and O–H groups in total. The van der Waals surface area contributed by atoms with Crippen molar-refractivity contribution >= 4 is 11.8 Å². The van der Waals surface area contributed by atoms with Gasteiger partial charge in [-0.15, -0.1) is 0 Å². The Morgan fingerprint density at radius 1 is 0.583 bits per heavy atom. The van der Waals surface area contributed by atoms with Crippen LogP contribution in [0.3, 0.4) is 0 Å². The molecule has 2 aromatic carbocycles. The van der Waals surface area contributed by atoms with Crippen molar-refractivity contribution in [1.29, 1.82) is 0 Å². The van der Waals surface area contributed by atoms with Gasteiger partial charge in [0.2, 0.25) is 11.8 Å². The molecule has 0 bridgehead atoms. The summed E-state index contributed by atoms with van der Waals surface area (Å²) in [5, 5.41) is 0. The number of methoxy groups -OCH3 is 4. The van der Waals surface area contributed by atoms with Crippen LogP contribution in [0.15, 0.2) is 24.3 Å². The Morgan fingerprint density at radius 3 is 1.25 bits per heavy atom. The standard InChI is InChI=1S/C28H36N2O6/c1-33-23-13-19-7-11-29(27(31)17-21(19)15-25(23)35-3)9-5-6-10-30-12-8-20-14-24(34-2)26(36-4)16-22(20)18-28(30)32/h13-16H,5-12,17-18H2,1-4H3. The lowest BCUT2D eigenvalue weighted by molar-refractivity contribution is -0.131. The van der Waals surface area contributed by atoms with Gasteiger partial charge in [0.25, 0.3) is 0 Å². The minimum absolute atomic E-state index is 0.130. The van der Waals surface area contributed by atoms with Crippen LogP contribution in [0.5, 0.6) is 23.0 Å². The summed E-state index contributed by atoms with van der Waals surface area (Å²) in [6.07, 6.45) is 4.02. The monoisotopic (exact) mass is 496 g/mol. The third-order valence-corrected chi connectivity index (χ3v) is 7.21. The van der Waals surface area contributed by atoms with Crippen molar-refractivity contribution < 1.29 is 28.5 Å². The first-order valence-electron chi connectivity index (χ1n) is 12.5. The van der Waals surface area contributed by atoms with E-state index in [0.29, 0.717) is 62.0 Å². The maximum absolute atomic E-state index is 12.9. The Bertz CT molecular complexity index is 1030. The number of carbonyl (C=O) groups is 2. The molecule has 0 spiro atoms. The lowest BCUT2D eigenvalue weighted by Gasteiger charge is -2.23. The van der Waals surface area contributed by atoms with Crippen LogP contribution in [0, 0.1) is 0 Å². The number of carbonyl (C=O) groups excluding carboxylic acids is 2. The molecule has 0 radical (unpaired) electrons. The lowest BCUT2D eigenvalue weighted by atomic mass is 10.0. The molecule has 0 aromatic heterocycles. The van der Waals surface area contributed by atoms with E-state index < -0.39 is 0 Å². The van der Waals surface area contributed by atoms with Crippen LogP contribution in [-0.2, 0) is 35.3 Å². The van der Waals surface area contributed by atoms with E-state index in [1.54, 1.807) is 28.4 Å². The largest absolute Gasteiger partial charge is 0.493 e. The summed E-state index contributed by atoms with van der Waals surface area (Å²) >= 11 is 0. The van der Waals surface area contributed by atoms with Crippen molar-refractivity contribution in [2.75, 3.05) is 54.6 Å². The number of hydrogen-bond donors (Lipinski definition) is 0. The number of fused-ring (bicyclic) bond motifs is 2. The number of nitrogens with zero attached hydrogens (tertiary/aromatic N) is 2. The summed E-state index contributed by atoms with van der Waals surface area (Å²) in [5.74, 6) is 2.95. The average molecular weight is 497 g/mol. The smallest absolute Gasteiger partial charge is 0.227 e. The van der Waals surface area contributed by atoms with Crippen LogP contribution < -0.4 is 18.9 Å². The molecule has 2 heterocycles. The van der Waals surface area contributed by atoms with Crippen molar-refractivity contribution in [3.8, 4) is 23.0 Å². The third-order valence-electron chi connectivity index (χ3n) is 7.21. The zero-order chi connectivity index (χ0) is 25.7. The van der Waals surface area contributed by atoms with E-state index in [1.807, 2.05) is 34.1 Å². The maximum atomic E-state index is 12.9. The Balaban J connectivity index is 1.30. The van der Waals surface area contributed by atoms with Crippen molar-refractivity contribution in [2.24, 2.45) is 0 Å². The highest BCUT2D eigenvalue weighted by Crippen LogP contribution is 2.33. The minimum Gasteiger partial charge on any atom is -0.493 e. The van der Waals surface area contributed by atoms with E-state index in [9.17, 15) is 9.59 Å². The van der Waals surface area contributed by atoms with E-state index >= 15 is 0 Å². The molecule has 194 valence electrons. The first-order chi connectivity index (χ1) is 17.5. The van der Waals surface area contributed by atoms with E-state index in [2.05, 4.69) is 0 Å². The van der Waals surface area contributed by atoms with Crippen LogP contribution in [0.2, 0.25) is 0 Å². The molecule has 0 fully saturated rings. The van der Waals surface area contributed by atoms with E-state index in [-0.39, 0.29) is 11.8 Å². The van der Waals surface area contributed by atoms with Gasteiger partial charge < -0.3 is 28.7 Å². The molecule has 2 amide bonds. The lowest BCUT2D eigenvalue weighted by Crippen LogP contribution is -2.35. The minimum atomic E-state index is 0.130. The van der Waals surface area contributed by atoms with Crippen molar-refractivity contribution in [2.45, 2.75) is 38.5 Å². The number of benzene rings is 2. The zero-order valence-electron chi connectivity index (χ0n) is 21.7. The third kappa shape index (κ3) is 5.53. The van der Waals surface area contributed by atoms with E-state index in [0.717, 1.165) is 47.9 Å².